The van der Waals surface area contributed by atoms with Crippen molar-refractivity contribution in [2.24, 2.45) is 0 Å². The number of rotatable bonds is 2. The summed E-state index contributed by atoms with van der Waals surface area (Å²) >= 11 is 0. The summed E-state index contributed by atoms with van der Waals surface area (Å²) in [5, 5.41) is 7.07. The lowest BCUT2D eigenvalue weighted by molar-refractivity contribution is 0.0647. The summed E-state index contributed by atoms with van der Waals surface area (Å²) in [7, 11) is 0. The van der Waals surface area contributed by atoms with E-state index in [-0.39, 0.29) is 0 Å². The Morgan fingerprint density at radius 3 is 2.62 bits per heavy atom. The molecule has 0 unspecified atom stereocenters. The first-order chi connectivity index (χ1) is 6.45. The van der Waals surface area contributed by atoms with E-state index in [0.29, 0.717) is 6.04 Å². The Labute approximate surface area is 80.2 Å². The van der Waals surface area contributed by atoms with Crippen molar-refractivity contribution >= 4 is 0 Å². The van der Waals surface area contributed by atoms with Crippen molar-refractivity contribution in [2.45, 2.75) is 37.8 Å². The van der Waals surface area contributed by atoms with Gasteiger partial charge in [-0.25, -0.2) is 0 Å². The molecule has 0 bridgehead atoms. The largest absolute Gasteiger partial charge is 0.380 e. The topological polar surface area (TPSA) is 33.3 Å². The predicted octanol–water partition coefficient (Wildman–Crippen LogP) is 0.507. The smallest absolute Gasteiger partial charge is 0.0619 e. The average molecular weight is 184 g/mol. The van der Waals surface area contributed by atoms with E-state index < -0.39 is 0 Å². The van der Waals surface area contributed by atoms with Crippen molar-refractivity contribution in [3.05, 3.63) is 0 Å². The molecule has 2 fully saturated rings. The van der Waals surface area contributed by atoms with Crippen LogP contribution in [0.3, 0.4) is 0 Å². The number of hydrogen-bond acceptors (Lipinski definition) is 3. The van der Waals surface area contributed by atoms with Gasteiger partial charge in [-0.05, 0) is 38.8 Å². The van der Waals surface area contributed by atoms with Crippen LogP contribution in [0.25, 0.3) is 0 Å². The zero-order chi connectivity index (χ0) is 8.93. The molecule has 76 valence electrons. The molecule has 0 aromatic carbocycles. The highest BCUT2D eigenvalue weighted by atomic mass is 16.5. The molecule has 0 aromatic heterocycles. The fraction of sp³-hybridized carbons (Fsp3) is 1.00. The van der Waals surface area contributed by atoms with Crippen LogP contribution in [0.1, 0.15) is 25.7 Å². The fourth-order valence-corrected chi connectivity index (χ4v) is 2.19. The first kappa shape index (κ1) is 9.44. The second-order valence-electron chi connectivity index (χ2n) is 4.11. The summed E-state index contributed by atoms with van der Waals surface area (Å²) < 4.78 is 5.45. The summed E-state index contributed by atoms with van der Waals surface area (Å²) in [4.78, 5) is 0. The van der Waals surface area contributed by atoms with E-state index in [0.717, 1.165) is 19.3 Å². The minimum atomic E-state index is 0.622. The van der Waals surface area contributed by atoms with Gasteiger partial charge in [-0.1, -0.05) is 0 Å². The van der Waals surface area contributed by atoms with Crippen molar-refractivity contribution in [1.29, 1.82) is 0 Å². The van der Waals surface area contributed by atoms with Gasteiger partial charge < -0.3 is 15.4 Å². The molecule has 0 aromatic rings. The van der Waals surface area contributed by atoms with E-state index in [1.54, 1.807) is 0 Å². The van der Waals surface area contributed by atoms with Gasteiger partial charge in [0.25, 0.3) is 0 Å². The van der Waals surface area contributed by atoms with Gasteiger partial charge in [-0.2, -0.15) is 0 Å². The molecular weight excluding hydrogens is 164 g/mol. The molecule has 3 nitrogen and oxygen atoms in total. The molecule has 3 heteroatoms. The van der Waals surface area contributed by atoms with Crippen LogP contribution in [0.15, 0.2) is 0 Å². The minimum absolute atomic E-state index is 0.622. The van der Waals surface area contributed by atoms with Crippen molar-refractivity contribution < 1.29 is 4.74 Å². The van der Waals surface area contributed by atoms with Crippen LogP contribution in [0.5, 0.6) is 0 Å². The van der Waals surface area contributed by atoms with Crippen molar-refractivity contribution in [1.82, 2.24) is 10.6 Å². The molecule has 0 amide bonds. The highest BCUT2D eigenvalue weighted by Crippen LogP contribution is 2.10. The van der Waals surface area contributed by atoms with Crippen molar-refractivity contribution in [3.63, 3.8) is 0 Å². The lowest BCUT2D eigenvalue weighted by Crippen LogP contribution is -2.47. The Balaban J connectivity index is 1.69. The first-order valence-corrected chi connectivity index (χ1v) is 5.49. The second kappa shape index (κ2) is 4.94. The van der Waals surface area contributed by atoms with Crippen LogP contribution in [0.2, 0.25) is 0 Å². The SMILES string of the molecule is C1COC[C@H](NC2CCNCC2)C1. The third kappa shape index (κ3) is 2.93. The zero-order valence-corrected chi connectivity index (χ0v) is 8.22. The van der Waals surface area contributed by atoms with E-state index >= 15 is 0 Å². The number of nitrogens with one attached hydrogen (secondary N) is 2. The van der Waals surface area contributed by atoms with Gasteiger partial charge in [0.2, 0.25) is 0 Å². The van der Waals surface area contributed by atoms with Gasteiger partial charge in [-0.15, -0.1) is 0 Å². The molecule has 0 aliphatic carbocycles. The van der Waals surface area contributed by atoms with E-state index in [1.807, 2.05) is 0 Å². The van der Waals surface area contributed by atoms with Crippen LogP contribution < -0.4 is 10.6 Å². The van der Waals surface area contributed by atoms with Crippen LogP contribution in [-0.4, -0.2) is 38.4 Å². The number of ether oxygens (including phenoxy) is 1. The molecule has 0 radical (unpaired) electrons. The van der Waals surface area contributed by atoms with Gasteiger partial charge >= 0.3 is 0 Å². The van der Waals surface area contributed by atoms with E-state index in [2.05, 4.69) is 10.6 Å². The quantitative estimate of drug-likeness (QED) is 0.656. The molecule has 2 aliphatic rings. The van der Waals surface area contributed by atoms with Crippen LogP contribution in [0, 0.1) is 0 Å². The van der Waals surface area contributed by atoms with Crippen LogP contribution in [0.4, 0.5) is 0 Å². The van der Waals surface area contributed by atoms with E-state index in [4.69, 9.17) is 4.74 Å². The van der Waals surface area contributed by atoms with Gasteiger partial charge in [0.1, 0.15) is 0 Å². The van der Waals surface area contributed by atoms with E-state index in [1.165, 1.54) is 38.8 Å². The summed E-state index contributed by atoms with van der Waals surface area (Å²) in [5.41, 5.74) is 0. The van der Waals surface area contributed by atoms with Gasteiger partial charge in [0.05, 0.1) is 6.61 Å². The Bertz CT molecular complexity index is 124. The molecule has 2 rings (SSSR count). The van der Waals surface area contributed by atoms with Crippen molar-refractivity contribution in [3.8, 4) is 0 Å². The molecule has 2 N–H and O–H groups in total. The Hall–Kier alpha value is -0.120. The lowest BCUT2D eigenvalue weighted by atomic mass is 10.0. The maximum absolute atomic E-state index is 5.45. The first-order valence-electron chi connectivity index (χ1n) is 5.49. The van der Waals surface area contributed by atoms with Crippen molar-refractivity contribution in [2.75, 3.05) is 26.3 Å². The molecule has 0 spiro atoms. The summed E-state index contributed by atoms with van der Waals surface area (Å²) in [6, 6.07) is 1.35. The standard InChI is InChI=1S/C10H20N2O/c1-2-10(8-13-7-1)12-9-3-5-11-6-4-9/h9-12H,1-8H2/t10-/m1/s1. The monoisotopic (exact) mass is 184 g/mol. The Kier molecular flexibility index (Phi) is 3.58. The average Bonchev–Trinajstić information content (AvgIpc) is 2.21. The summed E-state index contributed by atoms with van der Waals surface area (Å²) in [5.74, 6) is 0. The van der Waals surface area contributed by atoms with Gasteiger partial charge in [0, 0.05) is 18.7 Å². The molecule has 2 heterocycles. The van der Waals surface area contributed by atoms with Gasteiger partial charge in [0.15, 0.2) is 0 Å². The Morgan fingerprint density at radius 1 is 1.08 bits per heavy atom. The predicted molar refractivity (Wildman–Crippen MR) is 52.9 cm³/mol. The molecular formula is C10H20N2O. The van der Waals surface area contributed by atoms with Crippen LogP contribution >= 0.6 is 0 Å². The lowest BCUT2D eigenvalue weighted by Gasteiger charge is -2.30. The number of piperidine rings is 1. The third-order valence-corrected chi connectivity index (χ3v) is 2.97. The van der Waals surface area contributed by atoms with Crippen LogP contribution in [-0.2, 0) is 4.74 Å². The second-order valence-corrected chi connectivity index (χ2v) is 4.11. The number of hydrogen-bond donors (Lipinski definition) is 2. The Morgan fingerprint density at radius 2 is 1.92 bits per heavy atom. The third-order valence-electron chi connectivity index (χ3n) is 2.97. The maximum atomic E-state index is 5.45. The highest BCUT2D eigenvalue weighted by molar-refractivity contribution is 4.80. The highest BCUT2D eigenvalue weighted by Gasteiger charge is 2.19. The summed E-state index contributed by atoms with van der Waals surface area (Å²) in [6.07, 6.45) is 5.07. The fourth-order valence-electron chi connectivity index (χ4n) is 2.19. The molecule has 0 saturated carbocycles. The molecule has 2 saturated heterocycles. The van der Waals surface area contributed by atoms with E-state index in [9.17, 15) is 0 Å². The van der Waals surface area contributed by atoms with Gasteiger partial charge in [-0.3, -0.25) is 0 Å². The maximum Gasteiger partial charge on any atom is 0.0619 e. The minimum Gasteiger partial charge on any atom is -0.380 e. The normalized spacial score (nSPS) is 31.8. The molecule has 1 atom stereocenters. The summed E-state index contributed by atoms with van der Waals surface area (Å²) in [6.45, 7) is 4.23. The zero-order valence-electron chi connectivity index (χ0n) is 8.22. The molecule has 13 heavy (non-hydrogen) atoms. The molecule has 2 aliphatic heterocycles.